The van der Waals surface area contributed by atoms with Crippen LogP contribution >= 0.6 is 0 Å². The zero-order valence-corrected chi connectivity index (χ0v) is 17.9. The minimum absolute atomic E-state index is 0.147. The number of carboxylic acid groups (broad SMARTS) is 1. The number of hydrogen-bond acceptors (Lipinski definition) is 7. The lowest BCUT2D eigenvalue weighted by atomic mass is 10.0. The Balaban J connectivity index is 1.43. The first-order valence-electron chi connectivity index (χ1n) is 10.2. The Morgan fingerprint density at radius 3 is 2.62 bits per heavy atom. The first kappa shape index (κ1) is 23.1. The third-order valence-corrected chi connectivity index (χ3v) is 5.07. The highest BCUT2D eigenvalue weighted by molar-refractivity contribution is 5.75. The van der Waals surface area contributed by atoms with Gasteiger partial charge in [0, 0.05) is 24.6 Å². The molecule has 0 fully saturated rings. The summed E-state index contributed by atoms with van der Waals surface area (Å²) in [5.74, 6) is -0.263. The minimum atomic E-state index is -4.73. The molecule has 4 rings (SSSR count). The fraction of sp³-hybridized carbons (Fsp3) is 0.261. The smallest absolute Gasteiger partial charge is 0.478 e. The van der Waals surface area contributed by atoms with E-state index in [9.17, 15) is 23.1 Å². The zero-order valence-electron chi connectivity index (χ0n) is 17.9. The molecule has 1 aliphatic rings. The summed E-state index contributed by atoms with van der Waals surface area (Å²) < 4.78 is 51.3. The molecule has 2 heterocycles. The number of benzene rings is 2. The van der Waals surface area contributed by atoms with E-state index in [0.717, 1.165) is 16.7 Å². The molecule has 178 valence electrons. The number of fused-ring (bicyclic) bond motifs is 1. The third kappa shape index (κ3) is 5.66. The molecule has 2 aromatic carbocycles. The van der Waals surface area contributed by atoms with E-state index in [1.165, 1.54) is 19.2 Å². The first-order valence-corrected chi connectivity index (χ1v) is 10.2. The molecule has 1 unspecified atom stereocenters. The van der Waals surface area contributed by atoms with Crippen LogP contribution in [0.25, 0.3) is 11.3 Å². The summed E-state index contributed by atoms with van der Waals surface area (Å²) in [4.78, 5) is 19.9. The van der Waals surface area contributed by atoms with Crippen molar-refractivity contribution in [3.63, 3.8) is 0 Å². The first-order chi connectivity index (χ1) is 16.2. The predicted octanol–water partition coefficient (Wildman–Crippen LogP) is 4.09. The summed E-state index contributed by atoms with van der Waals surface area (Å²) in [6.07, 6.45) is -4.84. The number of alkyl halides is 3. The van der Waals surface area contributed by atoms with Gasteiger partial charge in [-0.25, -0.2) is 4.79 Å². The van der Waals surface area contributed by atoms with Gasteiger partial charge in [0.1, 0.15) is 17.3 Å². The number of rotatable bonds is 8. The van der Waals surface area contributed by atoms with Gasteiger partial charge in [-0.05, 0) is 47.9 Å². The zero-order chi connectivity index (χ0) is 24.3. The van der Waals surface area contributed by atoms with Gasteiger partial charge in [0.25, 0.3) is 0 Å². The number of carboxylic acids is 1. The van der Waals surface area contributed by atoms with Gasteiger partial charge in [0.15, 0.2) is 6.10 Å². The van der Waals surface area contributed by atoms with Gasteiger partial charge in [-0.2, -0.15) is 9.97 Å². The minimum Gasteiger partial charge on any atom is -0.478 e. The van der Waals surface area contributed by atoms with E-state index in [4.69, 9.17) is 9.47 Å². The second-order valence-electron chi connectivity index (χ2n) is 7.47. The number of aliphatic carboxylic acids is 1. The summed E-state index contributed by atoms with van der Waals surface area (Å²) >= 11 is 0. The number of anilines is 1. The molecule has 11 heteroatoms. The van der Waals surface area contributed by atoms with Gasteiger partial charge >= 0.3 is 18.3 Å². The SMILES string of the molecule is COc1nc(NCCc2ccc(OC(F)(F)F)cc2)cc(-c2ccc3c(c2)CC(C(=O)O)O3)n1. The molecule has 0 amide bonds. The molecular formula is C23H20F3N3O5. The average Bonchev–Trinajstić information content (AvgIpc) is 3.23. The lowest BCUT2D eigenvalue weighted by Crippen LogP contribution is -2.24. The molecule has 0 saturated carbocycles. The van der Waals surface area contributed by atoms with Crippen molar-refractivity contribution in [3.8, 4) is 28.8 Å². The normalized spacial score (nSPS) is 14.8. The molecule has 8 nitrogen and oxygen atoms in total. The number of halogens is 3. The largest absolute Gasteiger partial charge is 0.573 e. The van der Waals surface area contributed by atoms with Gasteiger partial charge in [0.2, 0.25) is 0 Å². The molecule has 0 saturated heterocycles. The van der Waals surface area contributed by atoms with Crippen molar-refractivity contribution >= 4 is 11.8 Å². The number of nitrogens with zero attached hydrogens (tertiary/aromatic N) is 2. The second-order valence-corrected chi connectivity index (χ2v) is 7.47. The van der Waals surface area contributed by atoms with Crippen molar-refractivity contribution in [2.24, 2.45) is 0 Å². The molecule has 0 bridgehead atoms. The lowest BCUT2D eigenvalue weighted by molar-refractivity contribution is -0.274. The van der Waals surface area contributed by atoms with Crippen LogP contribution in [0.3, 0.4) is 0 Å². The van der Waals surface area contributed by atoms with E-state index >= 15 is 0 Å². The van der Waals surface area contributed by atoms with Crippen molar-refractivity contribution in [2.75, 3.05) is 19.0 Å². The molecule has 0 spiro atoms. The van der Waals surface area contributed by atoms with Crippen molar-refractivity contribution in [1.29, 1.82) is 0 Å². The number of ether oxygens (including phenoxy) is 3. The Labute approximate surface area is 192 Å². The summed E-state index contributed by atoms with van der Waals surface area (Å²) in [5, 5.41) is 12.3. The predicted molar refractivity (Wildman–Crippen MR) is 115 cm³/mol. The van der Waals surface area contributed by atoms with Gasteiger partial charge in [-0.3, -0.25) is 0 Å². The van der Waals surface area contributed by atoms with Gasteiger partial charge in [-0.15, -0.1) is 13.2 Å². The number of methoxy groups -OCH3 is 1. The third-order valence-electron chi connectivity index (χ3n) is 5.07. The van der Waals surface area contributed by atoms with E-state index in [0.29, 0.717) is 30.2 Å². The van der Waals surface area contributed by atoms with Crippen LogP contribution in [0.1, 0.15) is 11.1 Å². The average molecular weight is 475 g/mol. The molecular weight excluding hydrogens is 455 g/mol. The standard InChI is InChI=1S/C23H20F3N3O5/c1-32-22-28-17(14-4-7-18-15(10-14)11-19(33-18)21(30)31)12-20(29-22)27-9-8-13-2-5-16(6-3-13)34-23(24,25)26/h2-7,10,12,19H,8-9,11H2,1H3,(H,30,31)(H,27,28,29). The number of nitrogens with one attached hydrogen (secondary N) is 1. The maximum Gasteiger partial charge on any atom is 0.573 e. The van der Waals surface area contributed by atoms with Crippen LogP contribution < -0.4 is 19.5 Å². The molecule has 1 aromatic heterocycles. The fourth-order valence-electron chi connectivity index (χ4n) is 3.49. The van der Waals surface area contributed by atoms with Crippen molar-refractivity contribution < 1.29 is 37.3 Å². The van der Waals surface area contributed by atoms with Crippen LogP contribution in [0.5, 0.6) is 17.5 Å². The fourth-order valence-corrected chi connectivity index (χ4v) is 3.49. The van der Waals surface area contributed by atoms with E-state index in [2.05, 4.69) is 20.0 Å². The van der Waals surface area contributed by atoms with Crippen molar-refractivity contribution in [3.05, 3.63) is 59.7 Å². The molecule has 1 aliphatic heterocycles. The number of hydrogen-bond donors (Lipinski definition) is 2. The maximum absolute atomic E-state index is 12.3. The van der Waals surface area contributed by atoms with Crippen LogP contribution in [0.2, 0.25) is 0 Å². The summed E-state index contributed by atoms with van der Waals surface area (Å²) in [6.45, 7) is 0.456. The summed E-state index contributed by atoms with van der Waals surface area (Å²) in [5.41, 5.74) is 2.91. The molecule has 0 aliphatic carbocycles. The molecule has 1 atom stereocenters. The van der Waals surface area contributed by atoms with Gasteiger partial charge < -0.3 is 24.6 Å². The van der Waals surface area contributed by atoms with Crippen LogP contribution in [0.15, 0.2) is 48.5 Å². The topological polar surface area (TPSA) is 103 Å². The Kier molecular flexibility index (Phi) is 6.44. The highest BCUT2D eigenvalue weighted by Gasteiger charge is 2.31. The Hall–Kier alpha value is -4.02. The number of aromatic nitrogens is 2. The Morgan fingerprint density at radius 1 is 1.18 bits per heavy atom. The van der Waals surface area contributed by atoms with Crippen molar-refractivity contribution in [1.82, 2.24) is 9.97 Å². The highest BCUT2D eigenvalue weighted by Crippen LogP contribution is 2.33. The lowest BCUT2D eigenvalue weighted by Gasteiger charge is -2.11. The quantitative estimate of drug-likeness (QED) is 0.502. The van der Waals surface area contributed by atoms with E-state index < -0.39 is 18.4 Å². The van der Waals surface area contributed by atoms with Crippen LogP contribution in [-0.2, 0) is 17.6 Å². The highest BCUT2D eigenvalue weighted by atomic mass is 19.4. The van der Waals surface area contributed by atoms with E-state index in [1.807, 2.05) is 6.07 Å². The molecule has 0 radical (unpaired) electrons. The number of carbonyl (C=O) groups is 1. The monoisotopic (exact) mass is 475 g/mol. The van der Waals surface area contributed by atoms with Crippen LogP contribution in [0, 0.1) is 0 Å². The summed E-state index contributed by atoms with van der Waals surface area (Å²) in [7, 11) is 1.45. The summed E-state index contributed by atoms with van der Waals surface area (Å²) in [6, 6.07) is 12.8. The van der Waals surface area contributed by atoms with Crippen LogP contribution in [-0.4, -0.2) is 47.2 Å². The van der Waals surface area contributed by atoms with Crippen LogP contribution in [0.4, 0.5) is 19.0 Å². The van der Waals surface area contributed by atoms with Gasteiger partial charge in [0.05, 0.1) is 12.8 Å². The van der Waals surface area contributed by atoms with Crippen molar-refractivity contribution in [2.45, 2.75) is 25.3 Å². The maximum atomic E-state index is 12.3. The Morgan fingerprint density at radius 2 is 1.94 bits per heavy atom. The van der Waals surface area contributed by atoms with Gasteiger partial charge in [-0.1, -0.05) is 12.1 Å². The molecule has 34 heavy (non-hydrogen) atoms. The Bertz CT molecular complexity index is 1190. The van der Waals surface area contributed by atoms with E-state index in [1.54, 1.807) is 30.3 Å². The van der Waals surface area contributed by atoms with E-state index in [-0.39, 0.29) is 18.2 Å². The molecule has 3 aromatic rings. The molecule has 2 N–H and O–H groups in total. The second kappa shape index (κ2) is 9.46.